The first-order valence-corrected chi connectivity index (χ1v) is 7.21. The fourth-order valence-electron chi connectivity index (χ4n) is 1.82. The highest BCUT2D eigenvalue weighted by Gasteiger charge is 2.01. The highest BCUT2D eigenvalue weighted by Crippen LogP contribution is 2.05. The summed E-state index contributed by atoms with van der Waals surface area (Å²) in [5, 5.41) is 6.34. The Bertz CT molecular complexity index is 448. The quantitative estimate of drug-likeness (QED) is 0.294. The largest absolute Gasteiger partial charge is 0.357 e. The van der Waals surface area contributed by atoms with Crippen LogP contribution in [0.25, 0.3) is 0 Å². The monoisotopic (exact) mass is 420 g/mol. The highest BCUT2D eigenvalue weighted by molar-refractivity contribution is 14.0. The van der Waals surface area contributed by atoms with Crippen LogP contribution in [0.5, 0.6) is 0 Å². The van der Waals surface area contributed by atoms with Gasteiger partial charge in [-0.1, -0.05) is 18.2 Å². The lowest BCUT2D eigenvalue weighted by molar-refractivity contribution is 0.336. The summed E-state index contributed by atoms with van der Waals surface area (Å²) in [6.07, 6.45) is 1.80. The van der Waals surface area contributed by atoms with Gasteiger partial charge in [0.15, 0.2) is 5.96 Å². The van der Waals surface area contributed by atoms with Gasteiger partial charge >= 0.3 is 0 Å². The third-order valence-electron chi connectivity index (χ3n) is 2.88. The zero-order chi connectivity index (χ0) is 15.5. The summed E-state index contributed by atoms with van der Waals surface area (Å²) in [4.78, 5) is 6.65. The lowest BCUT2D eigenvalue weighted by atomic mass is 10.2. The van der Waals surface area contributed by atoms with Crippen molar-refractivity contribution in [2.45, 2.75) is 13.5 Å². The van der Waals surface area contributed by atoms with Gasteiger partial charge < -0.3 is 15.5 Å². The van der Waals surface area contributed by atoms with Crippen LogP contribution < -0.4 is 10.6 Å². The average Bonchev–Trinajstić information content (AvgIpc) is 2.47. The predicted octanol–water partition coefficient (Wildman–Crippen LogP) is 2.62. The Kier molecular flexibility index (Phi) is 11.8. The van der Waals surface area contributed by atoms with Gasteiger partial charge in [-0.2, -0.15) is 0 Å². The third-order valence-corrected chi connectivity index (χ3v) is 2.88. The van der Waals surface area contributed by atoms with E-state index >= 15 is 0 Å². The van der Waals surface area contributed by atoms with E-state index < -0.39 is 0 Å². The van der Waals surface area contributed by atoms with Gasteiger partial charge in [0.05, 0.1) is 6.54 Å². The number of nitrogens with zero attached hydrogens (tertiary/aromatic N) is 2. The van der Waals surface area contributed by atoms with E-state index in [1.165, 1.54) is 12.1 Å². The molecule has 22 heavy (non-hydrogen) atoms. The number of rotatable bonds is 8. The third kappa shape index (κ3) is 8.99. The Hall–Kier alpha value is -1.15. The van der Waals surface area contributed by atoms with E-state index in [2.05, 4.69) is 27.1 Å². The fraction of sp³-hybridized carbons (Fsp3) is 0.438. The molecule has 0 atom stereocenters. The van der Waals surface area contributed by atoms with Gasteiger partial charge in [-0.15, -0.1) is 30.6 Å². The van der Waals surface area contributed by atoms with Crippen molar-refractivity contribution in [3.05, 3.63) is 48.3 Å². The maximum atomic E-state index is 12.8. The number of likely N-dealkylation sites (N-methyl/N-ethyl adjacent to an activating group) is 1. The molecule has 2 N–H and O–H groups in total. The van der Waals surface area contributed by atoms with E-state index in [1.54, 1.807) is 6.08 Å². The van der Waals surface area contributed by atoms with Crippen LogP contribution in [0, 0.1) is 5.82 Å². The minimum Gasteiger partial charge on any atom is -0.357 e. The first kappa shape index (κ1) is 20.9. The number of nitrogens with one attached hydrogen (secondary N) is 2. The van der Waals surface area contributed by atoms with Crippen molar-refractivity contribution in [2.24, 2.45) is 4.99 Å². The van der Waals surface area contributed by atoms with Crippen molar-refractivity contribution in [1.29, 1.82) is 0 Å². The molecular formula is C16H26FIN4. The molecule has 0 spiro atoms. The van der Waals surface area contributed by atoms with Gasteiger partial charge in [-0.05, 0) is 31.7 Å². The normalized spacial score (nSPS) is 11.0. The van der Waals surface area contributed by atoms with E-state index in [9.17, 15) is 4.39 Å². The van der Waals surface area contributed by atoms with Crippen molar-refractivity contribution in [1.82, 2.24) is 15.5 Å². The Morgan fingerprint density at radius 3 is 2.59 bits per heavy atom. The van der Waals surface area contributed by atoms with Gasteiger partial charge in [0.1, 0.15) is 5.82 Å². The molecule has 1 rings (SSSR count). The molecule has 0 saturated carbocycles. The van der Waals surface area contributed by atoms with Crippen LogP contribution >= 0.6 is 24.0 Å². The Morgan fingerprint density at radius 1 is 1.32 bits per heavy atom. The number of benzene rings is 1. The van der Waals surface area contributed by atoms with Crippen LogP contribution in [0.1, 0.15) is 12.5 Å². The molecule has 1 aromatic rings. The topological polar surface area (TPSA) is 39.7 Å². The fourth-order valence-corrected chi connectivity index (χ4v) is 1.82. The number of aliphatic imine (C=N–C) groups is 1. The van der Waals surface area contributed by atoms with Crippen molar-refractivity contribution in [3.63, 3.8) is 0 Å². The molecule has 124 valence electrons. The van der Waals surface area contributed by atoms with Gasteiger partial charge in [0.25, 0.3) is 0 Å². The summed E-state index contributed by atoms with van der Waals surface area (Å²) in [5.41, 5.74) is 1.10. The minimum atomic E-state index is -0.199. The van der Waals surface area contributed by atoms with Gasteiger partial charge in [0.2, 0.25) is 0 Å². The second kappa shape index (κ2) is 12.4. The van der Waals surface area contributed by atoms with E-state index in [1.807, 2.05) is 26.1 Å². The lowest BCUT2D eigenvalue weighted by Gasteiger charge is -2.16. The lowest BCUT2D eigenvalue weighted by Crippen LogP contribution is -2.37. The molecule has 0 aliphatic carbocycles. The van der Waals surface area contributed by atoms with Crippen molar-refractivity contribution >= 4 is 29.9 Å². The van der Waals surface area contributed by atoms with Crippen molar-refractivity contribution in [3.8, 4) is 0 Å². The zero-order valence-corrected chi connectivity index (χ0v) is 15.6. The standard InChI is InChI=1S/C16H25FN4.HI/c1-4-10-19-16(18-5-2)20-11-12-21(3)13-14-6-8-15(17)9-7-14;/h4,6-9H,1,5,10-13H2,2-3H3,(H2,18,19,20);1H. The smallest absolute Gasteiger partial charge is 0.191 e. The molecule has 0 fully saturated rings. The molecule has 0 aliphatic rings. The molecule has 6 heteroatoms. The molecule has 1 aromatic carbocycles. The molecule has 4 nitrogen and oxygen atoms in total. The van der Waals surface area contributed by atoms with Crippen LogP contribution in [0.2, 0.25) is 0 Å². The Morgan fingerprint density at radius 2 is 2.00 bits per heavy atom. The Balaban J connectivity index is 0.00000441. The minimum absolute atomic E-state index is 0. The average molecular weight is 420 g/mol. The van der Waals surface area contributed by atoms with Gasteiger partial charge in [-0.25, -0.2) is 4.39 Å². The van der Waals surface area contributed by atoms with Crippen LogP contribution in [0.4, 0.5) is 4.39 Å². The van der Waals surface area contributed by atoms with Crippen LogP contribution in [-0.2, 0) is 6.54 Å². The molecule has 0 heterocycles. The summed E-state index contributed by atoms with van der Waals surface area (Å²) in [6, 6.07) is 6.60. The van der Waals surface area contributed by atoms with Crippen LogP contribution in [0.3, 0.4) is 0 Å². The molecule has 0 unspecified atom stereocenters. The molecular weight excluding hydrogens is 394 g/mol. The molecule has 0 amide bonds. The first-order chi connectivity index (χ1) is 10.2. The number of guanidine groups is 1. The maximum absolute atomic E-state index is 12.8. The highest BCUT2D eigenvalue weighted by atomic mass is 127. The predicted molar refractivity (Wildman–Crippen MR) is 102 cm³/mol. The van der Waals surface area contributed by atoms with E-state index in [0.29, 0.717) is 13.1 Å². The molecule has 0 saturated heterocycles. The SMILES string of the molecule is C=CCNC(=NCCN(C)Cc1ccc(F)cc1)NCC.I. The molecule has 0 bridgehead atoms. The molecule has 0 aliphatic heterocycles. The van der Waals surface area contributed by atoms with Gasteiger partial charge in [-0.3, -0.25) is 4.99 Å². The molecule has 0 aromatic heterocycles. The number of hydrogen-bond acceptors (Lipinski definition) is 2. The summed E-state index contributed by atoms with van der Waals surface area (Å²) < 4.78 is 12.8. The first-order valence-electron chi connectivity index (χ1n) is 7.21. The van der Waals surface area contributed by atoms with Crippen molar-refractivity contribution < 1.29 is 4.39 Å². The summed E-state index contributed by atoms with van der Waals surface area (Å²) in [5.74, 6) is 0.599. The second-order valence-electron chi connectivity index (χ2n) is 4.79. The summed E-state index contributed by atoms with van der Waals surface area (Å²) in [6.45, 7) is 9.55. The van der Waals surface area contributed by atoms with Crippen LogP contribution in [-0.4, -0.2) is 44.1 Å². The zero-order valence-electron chi connectivity index (χ0n) is 13.3. The number of halogens is 2. The van der Waals surface area contributed by atoms with Crippen LogP contribution in [0.15, 0.2) is 41.9 Å². The Labute approximate surface area is 149 Å². The van der Waals surface area contributed by atoms with Gasteiger partial charge in [0, 0.05) is 26.2 Å². The summed E-state index contributed by atoms with van der Waals surface area (Å²) >= 11 is 0. The molecule has 0 radical (unpaired) electrons. The maximum Gasteiger partial charge on any atom is 0.191 e. The van der Waals surface area contributed by atoms with Crippen molar-refractivity contribution in [2.75, 3.05) is 33.2 Å². The number of hydrogen-bond donors (Lipinski definition) is 2. The van der Waals surface area contributed by atoms with E-state index in [4.69, 9.17) is 0 Å². The second-order valence-corrected chi connectivity index (χ2v) is 4.79. The van der Waals surface area contributed by atoms with E-state index in [0.717, 1.165) is 31.2 Å². The summed E-state index contributed by atoms with van der Waals surface area (Å²) in [7, 11) is 2.03. The van der Waals surface area contributed by atoms with E-state index in [-0.39, 0.29) is 29.8 Å².